The van der Waals surface area contributed by atoms with Crippen LogP contribution in [0.5, 0.6) is 0 Å². The molecule has 0 aromatic heterocycles. The molecule has 0 spiro atoms. The Kier molecular flexibility index (Phi) is 12.0. The maximum absolute atomic E-state index is 2.76. The van der Waals surface area contributed by atoms with Crippen molar-refractivity contribution in [3.63, 3.8) is 0 Å². The highest BCUT2D eigenvalue weighted by molar-refractivity contribution is 7.91. The van der Waals surface area contributed by atoms with Crippen LogP contribution in [0.15, 0.2) is 193 Å². The van der Waals surface area contributed by atoms with E-state index in [4.69, 9.17) is 0 Å². The molecule has 1 fully saturated rings. The van der Waals surface area contributed by atoms with E-state index in [1.54, 1.807) is 0 Å². The van der Waals surface area contributed by atoms with Crippen molar-refractivity contribution in [2.24, 2.45) is 0 Å². The molecule has 0 N–H and O–H groups in total. The van der Waals surface area contributed by atoms with Crippen LogP contribution in [-0.2, 0) is 0 Å². The molecule has 1 unspecified atom stereocenters. The predicted octanol–water partition coefficient (Wildman–Crippen LogP) is 14.5. The minimum Gasteiger partial charge on any atom is -0.325 e. The van der Waals surface area contributed by atoms with E-state index >= 15 is 0 Å². The van der Waals surface area contributed by atoms with Gasteiger partial charge in [-0.05, 0) is 97.1 Å². The first-order chi connectivity index (χ1) is 30.6. The van der Waals surface area contributed by atoms with Crippen LogP contribution in [0, 0.1) is 0 Å². The topological polar surface area (TPSA) is 6.48 Å². The number of allylic oxidation sites excluding steroid dienone is 6. The number of benzene rings is 6. The van der Waals surface area contributed by atoms with Crippen LogP contribution in [-0.4, -0.2) is 24.0 Å². The summed E-state index contributed by atoms with van der Waals surface area (Å²) in [4.78, 5) is 5.53. The third kappa shape index (κ3) is 7.41. The van der Waals surface area contributed by atoms with Crippen molar-refractivity contribution in [3.05, 3.63) is 232 Å². The lowest BCUT2D eigenvalue weighted by Crippen LogP contribution is -2.35. The van der Waals surface area contributed by atoms with Gasteiger partial charge in [-0.3, -0.25) is 0 Å². The SMILES string of the molecule is CC(C)c1cccc(C(C)C)c1N1CCN(c2c(C(C)C)cccc2C(C)C)C1=C1C=CC=CC1P(=C1C=C(c2ccccc2)c2ccccc21)(c1ccccc1)c1ccccc1. The molecule has 0 amide bonds. The fourth-order valence-electron chi connectivity index (χ4n) is 10.6. The summed E-state index contributed by atoms with van der Waals surface area (Å²) in [5.41, 5.74) is 15.0. The molecule has 3 aliphatic rings. The molecule has 1 aliphatic heterocycles. The van der Waals surface area contributed by atoms with Gasteiger partial charge in [0.25, 0.3) is 0 Å². The minimum absolute atomic E-state index is 0.0160. The lowest BCUT2D eigenvalue weighted by atomic mass is 9.91. The van der Waals surface area contributed by atoms with Crippen molar-refractivity contribution in [1.82, 2.24) is 0 Å². The molecule has 63 heavy (non-hydrogen) atoms. The molecule has 0 radical (unpaired) electrons. The van der Waals surface area contributed by atoms with Gasteiger partial charge in [0, 0.05) is 35.7 Å². The standard InChI is InChI=1S/C60H63N2P/c1-41(2)48-33-22-34-49(42(3)4)58(48)61-38-39-62(59-50(43(5)6)35-23-36-51(59)44(7)8)60(61)54-32-20-21-37-56(54)63(46-26-14-10-15-27-46,47-28-16-11-17-29-47)57-40-55(45-24-12-9-13-25-45)52-30-18-19-31-53(52)57/h9-37,40-44,56H,38-39H2,1-8H3. The highest BCUT2D eigenvalue weighted by Gasteiger charge is 2.43. The predicted molar refractivity (Wildman–Crippen MR) is 276 cm³/mol. The van der Waals surface area contributed by atoms with Gasteiger partial charge in [0.05, 0.1) is 0 Å². The van der Waals surface area contributed by atoms with Crippen LogP contribution in [0.3, 0.4) is 0 Å². The molecular formula is C60H63N2P. The van der Waals surface area contributed by atoms with Crippen molar-refractivity contribution in [3.8, 4) is 0 Å². The lowest BCUT2D eigenvalue weighted by Gasteiger charge is -2.41. The molecule has 6 aromatic rings. The zero-order chi connectivity index (χ0) is 43.8. The summed E-state index contributed by atoms with van der Waals surface area (Å²) < 4.78 is 0. The molecule has 2 nitrogen and oxygen atoms in total. The second-order valence-corrected chi connectivity index (χ2v) is 22.2. The van der Waals surface area contributed by atoms with E-state index < -0.39 is 6.89 Å². The van der Waals surface area contributed by atoms with Gasteiger partial charge in [0.15, 0.2) is 0 Å². The van der Waals surface area contributed by atoms with E-state index in [1.807, 2.05) is 0 Å². The summed E-state index contributed by atoms with van der Waals surface area (Å²) in [7, 11) is 0. The van der Waals surface area contributed by atoms with Crippen LogP contribution in [0.4, 0.5) is 11.4 Å². The highest BCUT2D eigenvalue weighted by Crippen LogP contribution is 2.60. The molecule has 1 saturated heterocycles. The van der Waals surface area contributed by atoms with Crippen molar-refractivity contribution in [2.75, 3.05) is 22.9 Å². The van der Waals surface area contributed by atoms with E-state index in [9.17, 15) is 0 Å². The summed E-state index contributed by atoms with van der Waals surface area (Å²) >= 11 is 0. The first kappa shape index (κ1) is 42.5. The molecule has 9 rings (SSSR count). The van der Waals surface area contributed by atoms with Gasteiger partial charge < -0.3 is 9.80 Å². The Hall–Kier alpha value is -5.82. The minimum atomic E-state index is -2.59. The van der Waals surface area contributed by atoms with Gasteiger partial charge in [-0.15, -0.1) is 0 Å². The summed E-state index contributed by atoms with van der Waals surface area (Å²) in [5.74, 6) is 2.76. The second kappa shape index (κ2) is 17.7. The fourth-order valence-corrected chi connectivity index (χ4v) is 15.6. The van der Waals surface area contributed by atoms with Gasteiger partial charge in [0.2, 0.25) is 0 Å². The highest BCUT2D eigenvalue weighted by atomic mass is 31.2. The maximum Gasteiger partial charge on any atom is 0.117 e. The van der Waals surface area contributed by atoms with Gasteiger partial charge in [-0.1, -0.05) is 231 Å². The largest absolute Gasteiger partial charge is 0.325 e. The Balaban J connectivity index is 1.47. The van der Waals surface area contributed by atoms with Crippen LogP contribution < -0.4 is 20.4 Å². The average molecular weight is 843 g/mol. The van der Waals surface area contributed by atoms with E-state index in [2.05, 4.69) is 247 Å². The Morgan fingerprint density at radius 1 is 0.460 bits per heavy atom. The fraction of sp³-hybridized carbons (Fsp3) is 0.250. The first-order valence-electron chi connectivity index (χ1n) is 23.3. The molecule has 2 aliphatic carbocycles. The number of anilines is 2. The number of fused-ring (bicyclic) bond motifs is 1. The smallest absolute Gasteiger partial charge is 0.117 e. The lowest BCUT2D eigenvalue weighted by molar-refractivity contribution is 0.815. The van der Waals surface area contributed by atoms with Crippen LogP contribution in [0.25, 0.3) is 5.57 Å². The Labute approximate surface area is 378 Å². The third-order valence-corrected chi connectivity index (χ3v) is 18.2. The van der Waals surface area contributed by atoms with E-state index in [0.717, 1.165) is 13.1 Å². The first-order valence-corrected chi connectivity index (χ1v) is 25.1. The molecule has 6 aromatic carbocycles. The number of para-hydroxylation sites is 2. The van der Waals surface area contributed by atoms with E-state index in [0.29, 0.717) is 23.7 Å². The molecule has 0 saturated carbocycles. The van der Waals surface area contributed by atoms with E-state index in [1.165, 1.54) is 83.2 Å². The molecule has 1 heterocycles. The molecule has 318 valence electrons. The van der Waals surface area contributed by atoms with Crippen molar-refractivity contribution in [1.29, 1.82) is 0 Å². The monoisotopic (exact) mass is 842 g/mol. The summed E-state index contributed by atoms with van der Waals surface area (Å²) in [5, 5.41) is 4.22. The third-order valence-electron chi connectivity index (χ3n) is 13.5. The Morgan fingerprint density at radius 3 is 1.35 bits per heavy atom. The summed E-state index contributed by atoms with van der Waals surface area (Å²) in [6.45, 7) is 18.1. The zero-order valence-electron chi connectivity index (χ0n) is 38.5. The molecule has 1 atom stereocenters. The van der Waals surface area contributed by atoms with Gasteiger partial charge in [0.1, 0.15) is 5.82 Å². The number of hydrogen-bond acceptors (Lipinski definition) is 2. The van der Waals surface area contributed by atoms with Crippen LogP contribution in [0.1, 0.15) is 118 Å². The Bertz CT molecular complexity index is 2630. The quantitative estimate of drug-likeness (QED) is 0.127. The number of rotatable bonds is 10. The van der Waals surface area contributed by atoms with Gasteiger partial charge in [-0.25, -0.2) is 0 Å². The second-order valence-electron chi connectivity index (χ2n) is 18.7. The van der Waals surface area contributed by atoms with Crippen LogP contribution >= 0.6 is 6.89 Å². The van der Waals surface area contributed by atoms with Gasteiger partial charge >= 0.3 is 0 Å². The molecule has 3 heteroatoms. The molecule has 0 bridgehead atoms. The average Bonchev–Trinajstić information content (AvgIpc) is 3.93. The van der Waals surface area contributed by atoms with E-state index in [-0.39, 0.29) is 5.66 Å². The van der Waals surface area contributed by atoms with Crippen molar-refractivity contribution in [2.45, 2.75) is 84.7 Å². The van der Waals surface area contributed by atoms with Gasteiger partial charge in [-0.2, -0.15) is 0 Å². The van der Waals surface area contributed by atoms with Crippen molar-refractivity contribution >= 4 is 39.7 Å². The zero-order valence-corrected chi connectivity index (χ0v) is 39.4. The summed E-state index contributed by atoms with van der Waals surface area (Å²) in [6, 6.07) is 57.5. The molecular weight excluding hydrogens is 780 g/mol. The number of nitrogens with zero attached hydrogens (tertiary/aromatic N) is 2. The summed E-state index contributed by atoms with van der Waals surface area (Å²) in [6.07, 6.45) is 12.3. The normalized spacial score (nSPS) is 16.3. The number of hydrogen-bond donors (Lipinski definition) is 0. The maximum atomic E-state index is 2.76. The Morgan fingerprint density at radius 2 is 0.889 bits per heavy atom. The van der Waals surface area contributed by atoms with Crippen molar-refractivity contribution < 1.29 is 0 Å². The van der Waals surface area contributed by atoms with Crippen LogP contribution in [0.2, 0.25) is 0 Å².